The van der Waals surface area contributed by atoms with Crippen LogP contribution >= 0.6 is 0 Å². The summed E-state index contributed by atoms with van der Waals surface area (Å²) in [4.78, 5) is 0. The second kappa shape index (κ2) is 5.05. The molecule has 5 rings (SSSR count). The van der Waals surface area contributed by atoms with Gasteiger partial charge in [0.15, 0.2) is 23.0 Å². The van der Waals surface area contributed by atoms with Gasteiger partial charge in [0.05, 0.1) is 14.2 Å². The van der Waals surface area contributed by atoms with Crippen molar-refractivity contribution in [3.05, 3.63) is 34.9 Å². The molecule has 3 aliphatic rings. The lowest BCUT2D eigenvalue weighted by Crippen LogP contribution is -2.33. The molecule has 2 aromatic carbocycles. The van der Waals surface area contributed by atoms with Crippen molar-refractivity contribution in [2.24, 2.45) is 0 Å². The molecule has 1 aliphatic carbocycles. The number of fused-ring (bicyclic) bond motifs is 3. The minimum atomic E-state index is 0.285. The van der Waals surface area contributed by atoms with Crippen molar-refractivity contribution >= 4 is 0 Å². The number of hydrogen-bond donors (Lipinski definition) is 1. The van der Waals surface area contributed by atoms with Crippen LogP contribution in [0.1, 0.15) is 22.7 Å². The highest BCUT2D eigenvalue weighted by atomic mass is 16.7. The van der Waals surface area contributed by atoms with Crippen LogP contribution in [0.3, 0.4) is 0 Å². The molecule has 2 aromatic rings. The Hall–Kier alpha value is -2.40. The van der Waals surface area contributed by atoms with Crippen molar-refractivity contribution in [1.29, 1.82) is 0 Å². The fourth-order valence-corrected chi connectivity index (χ4v) is 4.20. The topological polar surface area (TPSA) is 49.0 Å². The summed E-state index contributed by atoms with van der Waals surface area (Å²) in [5, 5.41) is 3.65. The van der Waals surface area contributed by atoms with Gasteiger partial charge < -0.3 is 24.3 Å². The normalized spacial score (nSPS) is 19.5. The highest BCUT2D eigenvalue weighted by Gasteiger charge is 2.35. The fourth-order valence-electron chi connectivity index (χ4n) is 4.20. The Morgan fingerprint density at radius 1 is 1.04 bits per heavy atom. The molecule has 1 atom stereocenters. The zero-order chi connectivity index (χ0) is 16.3. The summed E-state index contributed by atoms with van der Waals surface area (Å²) in [6.07, 6.45) is 1.94. The van der Waals surface area contributed by atoms with Crippen LogP contribution in [-0.4, -0.2) is 27.6 Å². The summed E-state index contributed by atoms with van der Waals surface area (Å²) in [5.41, 5.74) is 6.22. The van der Waals surface area contributed by atoms with E-state index in [0.717, 1.165) is 53.5 Å². The summed E-state index contributed by atoms with van der Waals surface area (Å²) < 4.78 is 22.5. The third kappa shape index (κ3) is 1.79. The van der Waals surface area contributed by atoms with Crippen molar-refractivity contribution < 1.29 is 18.9 Å². The monoisotopic (exact) mass is 325 g/mol. The fraction of sp³-hybridized carbons (Fsp3) is 0.368. The van der Waals surface area contributed by atoms with Crippen LogP contribution in [0.2, 0.25) is 0 Å². The zero-order valence-electron chi connectivity index (χ0n) is 13.8. The molecule has 2 heterocycles. The van der Waals surface area contributed by atoms with Crippen molar-refractivity contribution in [1.82, 2.24) is 5.32 Å². The first-order valence-electron chi connectivity index (χ1n) is 8.24. The van der Waals surface area contributed by atoms with Gasteiger partial charge in [-0.1, -0.05) is 0 Å². The van der Waals surface area contributed by atoms with Gasteiger partial charge in [0, 0.05) is 11.6 Å². The lowest BCUT2D eigenvalue weighted by Gasteiger charge is -2.35. The minimum Gasteiger partial charge on any atom is -0.493 e. The molecule has 24 heavy (non-hydrogen) atoms. The van der Waals surface area contributed by atoms with Crippen molar-refractivity contribution in [2.45, 2.75) is 18.9 Å². The zero-order valence-corrected chi connectivity index (χ0v) is 13.8. The van der Waals surface area contributed by atoms with Crippen LogP contribution in [0.4, 0.5) is 0 Å². The quantitative estimate of drug-likeness (QED) is 0.920. The molecule has 0 aromatic heterocycles. The maximum atomic E-state index is 5.76. The van der Waals surface area contributed by atoms with Crippen molar-refractivity contribution in [2.75, 3.05) is 27.6 Å². The first-order chi connectivity index (χ1) is 11.8. The highest BCUT2D eigenvalue weighted by molar-refractivity contribution is 5.85. The third-order valence-corrected chi connectivity index (χ3v) is 5.22. The molecule has 0 bridgehead atoms. The van der Waals surface area contributed by atoms with Crippen LogP contribution in [0.25, 0.3) is 11.1 Å². The second-order valence-electron chi connectivity index (χ2n) is 6.38. The van der Waals surface area contributed by atoms with Gasteiger partial charge in [-0.2, -0.15) is 0 Å². The number of ether oxygens (including phenoxy) is 4. The van der Waals surface area contributed by atoms with E-state index in [0.29, 0.717) is 6.04 Å². The molecule has 124 valence electrons. The summed E-state index contributed by atoms with van der Waals surface area (Å²) in [7, 11) is 3.40. The van der Waals surface area contributed by atoms with Crippen molar-refractivity contribution in [3.8, 4) is 34.1 Å². The molecule has 0 radical (unpaired) electrons. The van der Waals surface area contributed by atoms with Crippen LogP contribution in [0.5, 0.6) is 23.0 Å². The number of methoxy groups -OCH3 is 2. The number of benzene rings is 2. The highest BCUT2D eigenvalue weighted by Crippen LogP contribution is 2.52. The Balaban J connectivity index is 1.84. The lowest BCUT2D eigenvalue weighted by molar-refractivity contribution is 0.174. The van der Waals surface area contributed by atoms with E-state index in [4.69, 9.17) is 18.9 Å². The molecular formula is C19H19NO4. The second-order valence-corrected chi connectivity index (χ2v) is 6.38. The first kappa shape index (κ1) is 14.0. The standard InChI is InChI=1S/C19H19NO4/c1-21-16-6-10-3-4-20-13-5-11-7-14-15(24-9-23-14)8-12(11)18(17(10)13)19(16)22-2/h6-8,13,20H,3-5,9H2,1-2H3/t13-/m1/s1. The largest absolute Gasteiger partial charge is 0.493 e. The minimum absolute atomic E-state index is 0.285. The van der Waals surface area contributed by atoms with Gasteiger partial charge in [-0.3, -0.25) is 0 Å². The molecule has 5 nitrogen and oxygen atoms in total. The molecule has 0 saturated carbocycles. The van der Waals surface area contributed by atoms with E-state index in [1.807, 2.05) is 0 Å². The van der Waals surface area contributed by atoms with Gasteiger partial charge in [-0.15, -0.1) is 0 Å². The van der Waals surface area contributed by atoms with Gasteiger partial charge in [-0.25, -0.2) is 0 Å². The molecule has 0 saturated heterocycles. The predicted octanol–water partition coefficient (Wildman–Crippen LogP) is 2.84. The van der Waals surface area contributed by atoms with E-state index in [2.05, 4.69) is 23.5 Å². The summed E-state index contributed by atoms with van der Waals surface area (Å²) in [5.74, 6) is 3.21. The maximum Gasteiger partial charge on any atom is 0.231 e. The predicted molar refractivity (Wildman–Crippen MR) is 89.3 cm³/mol. The molecule has 2 aliphatic heterocycles. The molecule has 5 heteroatoms. The number of rotatable bonds is 2. The summed E-state index contributed by atoms with van der Waals surface area (Å²) in [6, 6.07) is 6.62. The van der Waals surface area contributed by atoms with E-state index in [1.165, 1.54) is 16.7 Å². The Kier molecular flexibility index (Phi) is 2.94. The average Bonchev–Trinajstić information content (AvgIpc) is 3.06. The van der Waals surface area contributed by atoms with Crippen LogP contribution in [0.15, 0.2) is 18.2 Å². The summed E-state index contributed by atoms with van der Waals surface area (Å²) >= 11 is 0. The molecule has 0 unspecified atom stereocenters. The smallest absolute Gasteiger partial charge is 0.231 e. The Morgan fingerprint density at radius 2 is 1.88 bits per heavy atom. The molecule has 0 spiro atoms. The molecule has 0 amide bonds. The van der Waals surface area contributed by atoms with E-state index >= 15 is 0 Å². The van der Waals surface area contributed by atoms with Gasteiger partial charge in [-0.05, 0) is 59.8 Å². The molecule has 1 N–H and O–H groups in total. The Morgan fingerprint density at radius 3 is 2.67 bits per heavy atom. The average molecular weight is 325 g/mol. The maximum absolute atomic E-state index is 5.76. The molecule has 0 fully saturated rings. The Bertz CT molecular complexity index is 846. The summed E-state index contributed by atoms with van der Waals surface area (Å²) in [6.45, 7) is 1.26. The first-order valence-corrected chi connectivity index (χ1v) is 8.24. The Labute approximate surface area is 140 Å². The van der Waals surface area contributed by atoms with Crippen LogP contribution in [0, 0.1) is 0 Å². The van der Waals surface area contributed by atoms with E-state index in [9.17, 15) is 0 Å². The number of hydrogen-bond acceptors (Lipinski definition) is 5. The van der Waals surface area contributed by atoms with Crippen molar-refractivity contribution in [3.63, 3.8) is 0 Å². The van der Waals surface area contributed by atoms with Gasteiger partial charge >= 0.3 is 0 Å². The van der Waals surface area contributed by atoms with E-state index < -0.39 is 0 Å². The van der Waals surface area contributed by atoms with Crippen LogP contribution in [-0.2, 0) is 12.8 Å². The van der Waals surface area contributed by atoms with Gasteiger partial charge in [0.25, 0.3) is 0 Å². The van der Waals surface area contributed by atoms with Gasteiger partial charge in [0.1, 0.15) is 0 Å². The SMILES string of the molecule is COc1cc2c3c(c1OC)-c1cc4c(cc1C[C@H]3NCC2)OCO4. The van der Waals surface area contributed by atoms with Gasteiger partial charge in [0.2, 0.25) is 6.79 Å². The van der Waals surface area contributed by atoms with E-state index in [-0.39, 0.29) is 6.79 Å². The lowest BCUT2D eigenvalue weighted by atomic mass is 9.77. The molecular weight excluding hydrogens is 306 g/mol. The third-order valence-electron chi connectivity index (χ3n) is 5.22. The number of nitrogens with one attached hydrogen (secondary N) is 1. The van der Waals surface area contributed by atoms with E-state index in [1.54, 1.807) is 14.2 Å². The van der Waals surface area contributed by atoms with Crippen LogP contribution < -0.4 is 24.3 Å².